The Morgan fingerprint density at radius 2 is 1.93 bits per heavy atom. The summed E-state index contributed by atoms with van der Waals surface area (Å²) in [5, 5.41) is 6.94. The van der Waals surface area contributed by atoms with E-state index < -0.39 is 0 Å². The highest BCUT2D eigenvalue weighted by Gasteiger charge is 2.19. The third-order valence-electron chi connectivity index (χ3n) is 5.04. The van der Waals surface area contributed by atoms with Crippen LogP contribution < -0.4 is 15.4 Å². The second kappa shape index (κ2) is 14.8. The quantitative estimate of drug-likeness (QED) is 0.215. The number of aliphatic imine (C=N–C) groups is 1. The number of ether oxygens (including phenoxy) is 2. The molecule has 0 radical (unpaired) electrons. The Balaban J connectivity index is 0.00000420. The van der Waals surface area contributed by atoms with Gasteiger partial charge in [-0.1, -0.05) is 32.0 Å². The summed E-state index contributed by atoms with van der Waals surface area (Å²) in [6.45, 7) is 12.6. The second-order valence-electron chi connectivity index (χ2n) is 7.55. The monoisotopic (exact) mass is 518 g/mol. The molecule has 1 fully saturated rings. The lowest BCUT2D eigenvalue weighted by atomic mass is 10.0. The lowest BCUT2D eigenvalue weighted by Gasteiger charge is -2.32. The fraction of sp³-hybridized carbons (Fsp3) is 0.682. The Morgan fingerprint density at radius 1 is 1.21 bits per heavy atom. The van der Waals surface area contributed by atoms with Crippen LogP contribution in [0.3, 0.4) is 0 Å². The van der Waals surface area contributed by atoms with Crippen molar-refractivity contribution in [1.82, 2.24) is 15.5 Å². The van der Waals surface area contributed by atoms with Crippen LogP contribution in [-0.2, 0) is 4.74 Å². The number of benzene rings is 1. The van der Waals surface area contributed by atoms with Crippen LogP contribution >= 0.6 is 24.0 Å². The molecule has 0 bridgehead atoms. The minimum Gasteiger partial charge on any atom is -0.491 e. The SMILES string of the molecule is CCNC(=NCCOc1ccccc1C(C)C)NC1CCN(CCOC)CC1.I. The molecule has 2 rings (SSSR count). The Kier molecular flexibility index (Phi) is 13.3. The van der Waals surface area contributed by atoms with Crippen LogP contribution in [0, 0.1) is 0 Å². The van der Waals surface area contributed by atoms with E-state index in [1.807, 2.05) is 12.1 Å². The van der Waals surface area contributed by atoms with Crippen LogP contribution in [0.1, 0.15) is 45.1 Å². The van der Waals surface area contributed by atoms with Gasteiger partial charge >= 0.3 is 0 Å². The largest absolute Gasteiger partial charge is 0.491 e. The van der Waals surface area contributed by atoms with Gasteiger partial charge in [-0.3, -0.25) is 0 Å². The normalized spacial score (nSPS) is 15.8. The van der Waals surface area contributed by atoms with Gasteiger partial charge in [0.05, 0.1) is 13.2 Å². The van der Waals surface area contributed by atoms with Gasteiger partial charge in [-0.05, 0) is 37.3 Å². The molecular formula is C22H39IN4O2. The fourth-order valence-electron chi connectivity index (χ4n) is 3.44. The first-order chi connectivity index (χ1) is 13.6. The maximum atomic E-state index is 5.99. The molecule has 0 atom stereocenters. The highest BCUT2D eigenvalue weighted by Crippen LogP contribution is 2.25. The van der Waals surface area contributed by atoms with E-state index in [0.29, 0.717) is 25.1 Å². The number of hydrogen-bond donors (Lipinski definition) is 2. The van der Waals surface area contributed by atoms with E-state index in [9.17, 15) is 0 Å². The lowest BCUT2D eigenvalue weighted by Crippen LogP contribution is -2.49. The number of likely N-dealkylation sites (tertiary alicyclic amines) is 1. The molecule has 1 saturated heterocycles. The third-order valence-corrected chi connectivity index (χ3v) is 5.04. The molecule has 1 aliphatic rings. The van der Waals surface area contributed by atoms with Crippen molar-refractivity contribution in [2.24, 2.45) is 4.99 Å². The molecule has 1 aromatic carbocycles. The molecule has 0 aromatic heterocycles. The van der Waals surface area contributed by atoms with Crippen molar-refractivity contribution in [1.29, 1.82) is 0 Å². The molecule has 0 amide bonds. The summed E-state index contributed by atoms with van der Waals surface area (Å²) in [5.41, 5.74) is 1.25. The highest BCUT2D eigenvalue weighted by atomic mass is 127. The number of nitrogens with zero attached hydrogens (tertiary/aromatic N) is 2. The molecule has 29 heavy (non-hydrogen) atoms. The highest BCUT2D eigenvalue weighted by molar-refractivity contribution is 14.0. The number of rotatable bonds is 10. The van der Waals surface area contributed by atoms with Crippen molar-refractivity contribution in [3.63, 3.8) is 0 Å². The van der Waals surface area contributed by atoms with Gasteiger partial charge in [-0.15, -0.1) is 24.0 Å². The molecule has 166 valence electrons. The van der Waals surface area contributed by atoms with Crippen molar-refractivity contribution < 1.29 is 9.47 Å². The zero-order chi connectivity index (χ0) is 20.2. The van der Waals surface area contributed by atoms with Crippen LogP contribution in [-0.4, -0.2) is 69.9 Å². The molecule has 0 saturated carbocycles. The van der Waals surface area contributed by atoms with Crippen LogP contribution in [0.25, 0.3) is 0 Å². The summed E-state index contributed by atoms with van der Waals surface area (Å²) < 4.78 is 11.2. The van der Waals surface area contributed by atoms with Gasteiger partial charge < -0.3 is 25.0 Å². The van der Waals surface area contributed by atoms with Gasteiger partial charge in [-0.25, -0.2) is 4.99 Å². The van der Waals surface area contributed by atoms with Crippen LogP contribution in [0.2, 0.25) is 0 Å². The predicted octanol–water partition coefficient (Wildman–Crippen LogP) is 3.47. The lowest BCUT2D eigenvalue weighted by molar-refractivity contribution is 0.128. The zero-order valence-electron chi connectivity index (χ0n) is 18.4. The van der Waals surface area contributed by atoms with Gasteiger partial charge in [0, 0.05) is 39.3 Å². The average molecular weight is 518 g/mol. The maximum absolute atomic E-state index is 5.99. The molecule has 0 unspecified atom stereocenters. The molecule has 2 N–H and O–H groups in total. The number of methoxy groups -OCH3 is 1. The molecule has 1 aromatic rings. The van der Waals surface area contributed by atoms with Crippen LogP contribution in [0.5, 0.6) is 5.75 Å². The summed E-state index contributed by atoms with van der Waals surface area (Å²) in [7, 11) is 1.76. The maximum Gasteiger partial charge on any atom is 0.191 e. The van der Waals surface area contributed by atoms with Gasteiger partial charge in [0.25, 0.3) is 0 Å². The van der Waals surface area contributed by atoms with Gasteiger partial charge in [0.15, 0.2) is 5.96 Å². The summed E-state index contributed by atoms with van der Waals surface area (Å²) in [6.07, 6.45) is 2.26. The minimum atomic E-state index is 0. The first-order valence-electron chi connectivity index (χ1n) is 10.6. The molecule has 0 spiro atoms. The van der Waals surface area contributed by atoms with Crippen LogP contribution in [0.4, 0.5) is 0 Å². The molecule has 1 aliphatic heterocycles. The van der Waals surface area contributed by atoms with E-state index in [4.69, 9.17) is 14.5 Å². The molecule has 1 heterocycles. The first-order valence-corrected chi connectivity index (χ1v) is 10.6. The van der Waals surface area contributed by atoms with Crippen molar-refractivity contribution in [2.75, 3.05) is 53.0 Å². The summed E-state index contributed by atoms with van der Waals surface area (Å²) in [5.74, 6) is 2.31. The summed E-state index contributed by atoms with van der Waals surface area (Å²) >= 11 is 0. The van der Waals surface area contributed by atoms with Gasteiger partial charge in [0.1, 0.15) is 12.4 Å². The minimum absolute atomic E-state index is 0. The third kappa shape index (κ3) is 9.53. The van der Waals surface area contributed by atoms with Crippen molar-refractivity contribution in [3.8, 4) is 5.75 Å². The number of guanidine groups is 1. The molecule has 0 aliphatic carbocycles. The summed E-state index contributed by atoms with van der Waals surface area (Å²) in [6, 6.07) is 8.73. The number of para-hydroxylation sites is 1. The van der Waals surface area contributed by atoms with E-state index in [1.165, 1.54) is 5.56 Å². The molecular weight excluding hydrogens is 479 g/mol. The molecule has 7 heteroatoms. The smallest absolute Gasteiger partial charge is 0.191 e. The van der Waals surface area contributed by atoms with Gasteiger partial charge in [0.2, 0.25) is 0 Å². The van der Waals surface area contributed by atoms with E-state index in [1.54, 1.807) is 7.11 Å². The summed E-state index contributed by atoms with van der Waals surface area (Å²) in [4.78, 5) is 7.17. The van der Waals surface area contributed by atoms with E-state index >= 15 is 0 Å². The van der Waals surface area contributed by atoms with E-state index in [-0.39, 0.29) is 24.0 Å². The second-order valence-corrected chi connectivity index (χ2v) is 7.55. The first kappa shape index (κ1) is 26.0. The van der Waals surface area contributed by atoms with Gasteiger partial charge in [-0.2, -0.15) is 0 Å². The predicted molar refractivity (Wildman–Crippen MR) is 132 cm³/mol. The Bertz CT molecular complexity index is 590. The fourth-order valence-corrected chi connectivity index (χ4v) is 3.44. The number of nitrogens with one attached hydrogen (secondary N) is 2. The van der Waals surface area contributed by atoms with E-state index in [0.717, 1.165) is 57.3 Å². The molecule has 6 nitrogen and oxygen atoms in total. The van der Waals surface area contributed by atoms with Crippen molar-refractivity contribution in [2.45, 2.75) is 45.6 Å². The Hall–Kier alpha value is -1.06. The van der Waals surface area contributed by atoms with E-state index in [2.05, 4.69) is 48.4 Å². The Morgan fingerprint density at radius 3 is 2.59 bits per heavy atom. The topological polar surface area (TPSA) is 58.1 Å². The number of hydrogen-bond acceptors (Lipinski definition) is 4. The standard InChI is InChI=1S/C22H38N4O2.HI/c1-5-23-22(25-19-10-13-26(14-11-19)15-17-27-4)24-12-16-28-21-9-7-6-8-20(21)18(2)3;/h6-9,18-19H,5,10-17H2,1-4H3,(H2,23,24,25);1H. The van der Waals surface area contributed by atoms with Crippen molar-refractivity contribution >= 4 is 29.9 Å². The number of halogens is 1. The Labute approximate surface area is 193 Å². The van der Waals surface area contributed by atoms with Crippen LogP contribution in [0.15, 0.2) is 29.3 Å². The zero-order valence-corrected chi connectivity index (χ0v) is 20.8. The average Bonchev–Trinajstić information content (AvgIpc) is 2.71. The van der Waals surface area contributed by atoms with Crippen molar-refractivity contribution in [3.05, 3.63) is 29.8 Å². The number of piperidine rings is 1.